The zero-order chi connectivity index (χ0) is 40.2. The number of anilines is 2. The van der Waals surface area contributed by atoms with Gasteiger partial charge < -0.3 is 14.7 Å². The van der Waals surface area contributed by atoms with Crippen molar-refractivity contribution in [3.05, 3.63) is 107 Å². The summed E-state index contributed by atoms with van der Waals surface area (Å²) in [7, 11) is 0. The van der Waals surface area contributed by atoms with Gasteiger partial charge in [-0.25, -0.2) is 23.3 Å². The smallest absolute Gasteiger partial charge is 0.258 e. The molecule has 10 rings (SSSR count). The SMILES string of the molecule is O=C1CCC(N2Cc3cc(CN4CCC(N5CCN(c6cccc(-c7cnc8ccc(N9CCC[C@@H]9c9cccc(F)c9)nn78)n6)CC5)CC4)cc(F)c3C2=O)C(=O)N1. The molecule has 0 saturated carbocycles. The van der Waals surface area contributed by atoms with E-state index in [0.717, 1.165) is 111 Å². The minimum atomic E-state index is -0.766. The number of hydrogen-bond donors (Lipinski definition) is 1. The third kappa shape index (κ3) is 7.20. The second-order valence-corrected chi connectivity index (χ2v) is 16.4. The van der Waals surface area contributed by atoms with Crippen LogP contribution in [0, 0.1) is 11.6 Å². The second-order valence-electron chi connectivity index (χ2n) is 16.4. The monoisotopic (exact) mass is 800 g/mol. The molecule has 1 N–H and O–H groups in total. The predicted molar refractivity (Wildman–Crippen MR) is 216 cm³/mol. The van der Waals surface area contributed by atoms with Crippen molar-refractivity contribution in [2.45, 2.75) is 69.7 Å². The molecule has 4 saturated heterocycles. The van der Waals surface area contributed by atoms with Crippen molar-refractivity contribution < 1.29 is 23.2 Å². The molecule has 0 aliphatic carbocycles. The van der Waals surface area contributed by atoms with Crippen LogP contribution in [0.3, 0.4) is 0 Å². The van der Waals surface area contributed by atoms with Crippen molar-refractivity contribution in [3.8, 4) is 11.4 Å². The molecule has 3 aromatic heterocycles. The molecule has 304 valence electrons. The molecule has 5 aliphatic rings. The lowest BCUT2D eigenvalue weighted by Gasteiger charge is -2.43. The Hall–Kier alpha value is -5.80. The van der Waals surface area contributed by atoms with E-state index >= 15 is 4.39 Å². The van der Waals surface area contributed by atoms with Crippen LogP contribution in [0.4, 0.5) is 20.4 Å². The van der Waals surface area contributed by atoms with E-state index in [2.05, 4.69) is 36.0 Å². The molecule has 0 spiro atoms. The van der Waals surface area contributed by atoms with E-state index < -0.39 is 23.7 Å². The lowest BCUT2D eigenvalue weighted by atomic mass is 10.0. The summed E-state index contributed by atoms with van der Waals surface area (Å²) in [6, 6.07) is 20.1. The fourth-order valence-corrected chi connectivity index (χ4v) is 9.86. The Morgan fingerprint density at radius 1 is 0.780 bits per heavy atom. The third-order valence-corrected chi connectivity index (χ3v) is 12.9. The normalized spacial score (nSPS) is 22.1. The number of imide groups is 1. The Bertz CT molecular complexity index is 2440. The number of fused-ring (bicyclic) bond motifs is 2. The first-order valence-corrected chi connectivity index (χ1v) is 20.8. The third-order valence-electron chi connectivity index (χ3n) is 12.9. The largest absolute Gasteiger partial charge is 0.354 e. The molecule has 1 unspecified atom stereocenters. The van der Waals surface area contributed by atoms with Crippen LogP contribution in [0.5, 0.6) is 0 Å². The van der Waals surface area contributed by atoms with Crippen LogP contribution in [-0.2, 0) is 22.7 Å². The summed E-state index contributed by atoms with van der Waals surface area (Å²) in [6.45, 7) is 7.00. The van der Waals surface area contributed by atoms with E-state index in [1.165, 1.54) is 17.0 Å². The number of benzene rings is 2. The number of piperazine rings is 1. The fraction of sp³-hybridized carbons (Fsp3) is 0.409. The average Bonchev–Trinajstić information content (AvgIpc) is 3.99. The summed E-state index contributed by atoms with van der Waals surface area (Å²) in [4.78, 5) is 57.9. The number of piperidine rings is 2. The Labute approximate surface area is 340 Å². The summed E-state index contributed by atoms with van der Waals surface area (Å²) in [5, 5.41) is 7.34. The Kier molecular flexibility index (Phi) is 9.79. The van der Waals surface area contributed by atoms with Gasteiger partial charge in [0.25, 0.3) is 5.91 Å². The molecule has 15 heteroatoms. The fourth-order valence-electron chi connectivity index (χ4n) is 9.86. The highest BCUT2D eigenvalue weighted by atomic mass is 19.1. The van der Waals surface area contributed by atoms with Gasteiger partial charge in [-0.05, 0) is 104 Å². The molecule has 4 fully saturated rings. The van der Waals surface area contributed by atoms with Crippen LogP contribution in [0.25, 0.3) is 17.0 Å². The van der Waals surface area contributed by atoms with Crippen LogP contribution in [0.2, 0.25) is 0 Å². The highest BCUT2D eigenvalue weighted by molar-refractivity contribution is 6.05. The first kappa shape index (κ1) is 37.5. The van der Waals surface area contributed by atoms with E-state index in [4.69, 9.17) is 10.1 Å². The highest BCUT2D eigenvalue weighted by Gasteiger charge is 2.41. The number of hydrogen-bond acceptors (Lipinski definition) is 10. The molecular formula is C44H46F2N10O3. The van der Waals surface area contributed by atoms with Gasteiger partial charge >= 0.3 is 0 Å². The number of nitrogens with zero attached hydrogens (tertiary/aromatic N) is 9. The quantitative estimate of drug-likeness (QED) is 0.216. The minimum absolute atomic E-state index is 0.0370. The average molecular weight is 801 g/mol. The van der Waals surface area contributed by atoms with Gasteiger partial charge in [0.05, 0.1) is 23.5 Å². The Morgan fingerprint density at radius 2 is 1.61 bits per heavy atom. The maximum Gasteiger partial charge on any atom is 0.258 e. The number of carbonyl (C=O) groups excluding carboxylic acids is 3. The standard InChI is InChI=1S/C44H46F2N10O3/c45-31-5-1-4-29(24-31)35-7-3-15-54(35)40-11-10-38-47-25-37(56(38)50-40)34-6-2-8-39(48-34)53-20-18-52(19-21-53)32-13-16-51(17-14-32)26-28-22-30-27-55(44(59)42(30)33(46)23-28)36-9-12-41(57)49-43(36)58/h1-2,4-6,8,10-11,22-25,32,35-36H,3,7,9,12-21,26-27H2,(H,49,57,58)/t35-,36?/m1/s1. The molecule has 3 amide bonds. The number of pyridine rings is 1. The highest BCUT2D eigenvalue weighted by Crippen LogP contribution is 2.36. The maximum atomic E-state index is 15.4. The first-order valence-electron chi connectivity index (χ1n) is 20.8. The van der Waals surface area contributed by atoms with Gasteiger partial charge in [-0.1, -0.05) is 24.3 Å². The first-order chi connectivity index (χ1) is 28.8. The number of nitrogens with one attached hydrogen (secondary N) is 1. The lowest BCUT2D eigenvalue weighted by molar-refractivity contribution is -0.136. The van der Waals surface area contributed by atoms with E-state index in [1.807, 2.05) is 47.1 Å². The molecule has 8 heterocycles. The summed E-state index contributed by atoms with van der Waals surface area (Å²) in [5.41, 5.74) is 4.79. The van der Waals surface area contributed by atoms with Crippen LogP contribution < -0.4 is 15.1 Å². The topological polar surface area (TPSA) is 123 Å². The van der Waals surface area contributed by atoms with Crippen molar-refractivity contribution in [2.75, 3.05) is 55.6 Å². The van der Waals surface area contributed by atoms with Gasteiger partial charge in [0.15, 0.2) is 5.65 Å². The number of amides is 3. The van der Waals surface area contributed by atoms with Crippen LogP contribution in [-0.4, -0.2) is 110 Å². The van der Waals surface area contributed by atoms with Crippen molar-refractivity contribution in [1.82, 2.24) is 39.6 Å². The number of rotatable bonds is 8. The van der Waals surface area contributed by atoms with Gasteiger partial charge in [0, 0.05) is 58.3 Å². The molecule has 5 aromatic rings. The number of imidazole rings is 1. The summed E-state index contributed by atoms with van der Waals surface area (Å²) in [5.74, 6) is -0.353. The zero-order valence-corrected chi connectivity index (χ0v) is 32.8. The van der Waals surface area contributed by atoms with E-state index in [1.54, 1.807) is 12.1 Å². The number of halogens is 2. The molecular weight excluding hydrogens is 755 g/mol. The maximum absolute atomic E-state index is 15.4. The van der Waals surface area contributed by atoms with E-state index in [-0.39, 0.29) is 42.7 Å². The second kappa shape index (κ2) is 15.4. The number of aromatic nitrogens is 4. The van der Waals surface area contributed by atoms with Crippen LogP contribution in [0.1, 0.15) is 71.6 Å². The molecule has 2 atom stereocenters. The van der Waals surface area contributed by atoms with Crippen molar-refractivity contribution in [1.29, 1.82) is 0 Å². The van der Waals surface area contributed by atoms with Crippen molar-refractivity contribution in [2.24, 2.45) is 0 Å². The summed E-state index contributed by atoms with van der Waals surface area (Å²) < 4.78 is 31.3. The van der Waals surface area contributed by atoms with Crippen molar-refractivity contribution in [3.63, 3.8) is 0 Å². The molecule has 0 radical (unpaired) electrons. The molecule has 59 heavy (non-hydrogen) atoms. The molecule has 2 aromatic carbocycles. The summed E-state index contributed by atoms with van der Waals surface area (Å²) >= 11 is 0. The minimum Gasteiger partial charge on any atom is -0.354 e. The Balaban J connectivity index is 0.748. The van der Waals surface area contributed by atoms with E-state index in [0.29, 0.717) is 18.2 Å². The predicted octanol–water partition coefficient (Wildman–Crippen LogP) is 4.96. The number of carbonyl (C=O) groups is 3. The summed E-state index contributed by atoms with van der Waals surface area (Å²) in [6.07, 6.45) is 6.23. The molecule has 5 aliphatic heterocycles. The van der Waals surface area contributed by atoms with E-state index in [9.17, 15) is 18.8 Å². The van der Waals surface area contributed by atoms with Crippen LogP contribution in [0.15, 0.2) is 72.9 Å². The van der Waals surface area contributed by atoms with Gasteiger partial charge in [-0.3, -0.25) is 29.5 Å². The Morgan fingerprint density at radius 3 is 2.42 bits per heavy atom. The van der Waals surface area contributed by atoms with Gasteiger partial charge in [0.2, 0.25) is 11.8 Å². The van der Waals surface area contributed by atoms with Crippen molar-refractivity contribution >= 4 is 35.0 Å². The number of likely N-dealkylation sites (tertiary alicyclic amines) is 1. The molecule has 13 nitrogen and oxygen atoms in total. The lowest BCUT2D eigenvalue weighted by Crippen LogP contribution is -2.53. The van der Waals surface area contributed by atoms with Gasteiger partial charge in [0.1, 0.15) is 35.0 Å². The van der Waals surface area contributed by atoms with Gasteiger partial charge in [-0.15, -0.1) is 5.10 Å². The van der Waals surface area contributed by atoms with Crippen LogP contribution >= 0.6 is 0 Å². The van der Waals surface area contributed by atoms with Gasteiger partial charge in [-0.2, -0.15) is 0 Å². The molecule has 0 bridgehead atoms. The zero-order valence-electron chi connectivity index (χ0n) is 32.8.